The van der Waals surface area contributed by atoms with E-state index in [2.05, 4.69) is 20.2 Å². The van der Waals surface area contributed by atoms with Crippen LogP contribution in [0.2, 0.25) is 0 Å². The minimum atomic E-state index is 0.00994. The number of hydrogen-bond donors (Lipinski definition) is 2. The quantitative estimate of drug-likeness (QED) is 0.768. The molecule has 0 unspecified atom stereocenters. The first-order chi connectivity index (χ1) is 8.81. The van der Waals surface area contributed by atoms with E-state index in [0.717, 1.165) is 38.3 Å². The highest BCUT2D eigenvalue weighted by molar-refractivity contribution is 5.78. The number of amides is 1. The zero-order valence-corrected chi connectivity index (χ0v) is 10.3. The van der Waals surface area contributed by atoms with Gasteiger partial charge in [0.2, 0.25) is 5.91 Å². The molecule has 0 spiro atoms. The van der Waals surface area contributed by atoms with Crippen LogP contribution in [0.5, 0.6) is 0 Å². The number of H-pyrrole nitrogens is 1. The number of carbonyl (C=O) groups is 1. The highest BCUT2D eigenvalue weighted by atomic mass is 16.5. The maximum Gasteiger partial charge on any atom is 0.246 e. The SMILES string of the molecule is O=C1CO[C@H]2CCN(Cc3ncc[nH]3)CC[C@@H]2N1. The van der Waals surface area contributed by atoms with Crippen LogP contribution >= 0.6 is 0 Å². The van der Waals surface area contributed by atoms with Crippen molar-refractivity contribution in [3.05, 3.63) is 18.2 Å². The minimum Gasteiger partial charge on any atom is -0.366 e. The van der Waals surface area contributed by atoms with E-state index in [1.807, 2.05) is 6.20 Å². The molecule has 2 aliphatic heterocycles. The normalized spacial score (nSPS) is 29.4. The van der Waals surface area contributed by atoms with Crippen molar-refractivity contribution in [3.8, 4) is 0 Å². The average molecular weight is 250 g/mol. The number of hydrogen-bond acceptors (Lipinski definition) is 4. The van der Waals surface area contributed by atoms with Gasteiger partial charge < -0.3 is 15.0 Å². The van der Waals surface area contributed by atoms with Crippen LogP contribution in [0.15, 0.2) is 12.4 Å². The molecule has 0 radical (unpaired) electrons. The predicted octanol–water partition coefficient (Wildman–Crippen LogP) is -0.111. The lowest BCUT2D eigenvalue weighted by molar-refractivity contribution is -0.136. The largest absolute Gasteiger partial charge is 0.366 e. The maximum absolute atomic E-state index is 11.3. The zero-order chi connectivity index (χ0) is 12.4. The summed E-state index contributed by atoms with van der Waals surface area (Å²) in [7, 11) is 0. The third kappa shape index (κ3) is 2.54. The van der Waals surface area contributed by atoms with E-state index in [9.17, 15) is 4.79 Å². The Morgan fingerprint density at radius 1 is 1.44 bits per heavy atom. The summed E-state index contributed by atoms with van der Waals surface area (Å²) in [4.78, 5) is 21.0. The molecular weight excluding hydrogens is 232 g/mol. The van der Waals surface area contributed by atoms with Crippen molar-refractivity contribution in [2.45, 2.75) is 31.5 Å². The molecule has 2 saturated heterocycles. The van der Waals surface area contributed by atoms with Crippen LogP contribution in [0.1, 0.15) is 18.7 Å². The molecule has 18 heavy (non-hydrogen) atoms. The van der Waals surface area contributed by atoms with E-state index in [1.54, 1.807) is 6.20 Å². The fourth-order valence-corrected chi connectivity index (χ4v) is 2.68. The number of aromatic nitrogens is 2. The first-order valence-electron chi connectivity index (χ1n) is 6.43. The second kappa shape index (κ2) is 5.07. The first-order valence-corrected chi connectivity index (χ1v) is 6.43. The molecule has 2 atom stereocenters. The van der Waals surface area contributed by atoms with Crippen LogP contribution in [0.3, 0.4) is 0 Å². The van der Waals surface area contributed by atoms with E-state index in [1.165, 1.54) is 0 Å². The number of aromatic amines is 1. The molecule has 2 fully saturated rings. The molecule has 3 heterocycles. The van der Waals surface area contributed by atoms with Gasteiger partial charge in [-0.25, -0.2) is 4.98 Å². The molecule has 1 aromatic heterocycles. The van der Waals surface area contributed by atoms with E-state index < -0.39 is 0 Å². The molecule has 0 saturated carbocycles. The Hall–Kier alpha value is -1.40. The molecule has 2 N–H and O–H groups in total. The number of imidazole rings is 1. The number of nitrogens with zero attached hydrogens (tertiary/aromatic N) is 2. The van der Waals surface area contributed by atoms with Crippen molar-refractivity contribution in [2.24, 2.45) is 0 Å². The lowest BCUT2D eigenvalue weighted by Gasteiger charge is -2.30. The van der Waals surface area contributed by atoms with E-state index in [-0.39, 0.29) is 24.7 Å². The second-order valence-electron chi connectivity index (χ2n) is 4.91. The van der Waals surface area contributed by atoms with Gasteiger partial charge in [0.05, 0.1) is 18.7 Å². The van der Waals surface area contributed by atoms with Crippen molar-refractivity contribution in [3.63, 3.8) is 0 Å². The van der Waals surface area contributed by atoms with Gasteiger partial charge >= 0.3 is 0 Å². The number of ether oxygens (including phenoxy) is 1. The fraction of sp³-hybridized carbons (Fsp3) is 0.667. The summed E-state index contributed by atoms with van der Waals surface area (Å²) in [6.45, 7) is 2.99. The topological polar surface area (TPSA) is 70.2 Å². The zero-order valence-electron chi connectivity index (χ0n) is 10.3. The predicted molar refractivity (Wildman–Crippen MR) is 64.8 cm³/mol. The molecule has 1 amide bonds. The second-order valence-corrected chi connectivity index (χ2v) is 4.91. The molecule has 0 bridgehead atoms. The summed E-state index contributed by atoms with van der Waals surface area (Å²) in [5.74, 6) is 1.00. The van der Waals surface area contributed by atoms with Crippen molar-refractivity contribution >= 4 is 5.91 Å². The van der Waals surface area contributed by atoms with Crippen molar-refractivity contribution in [1.82, 2.24) is 20.2 Å². The van der Waals surface area contributed by atoms with Gasteiger partial charge in [0.15, 0.2) is 0 Å². The third-order valence-electron chi connectivity index (χ3n) is 3.64. The molecule has 1 aromatic rings. The molecule has 6 nitrogen and oxygen atoms in total. The summed E-state index contributed by atoms with van der Waals surface area (Å²) in [5.41, 5.74) is 0. The van der Waals surface area contributed by atoms with Crippen LogP contribution in [0, 0.1) is 0 Å². The van der Waals surface area contributed by atoms with Gasteiger partial charge in [-0.2, -0.15) is 0 Å². The standard InChI is InChI=1S/C12H18N4O2/c17-12-8-18-10-2-6-16(5-1-9(10)15-12)7-11-13-3-4-14-11/h3-4,9-10H,1-2,5-8H2,(H,13,14)(H,15,17)/t9-,10-/m0/s1. The monoisotopic (exact) mass is 250 g/mol. The van der Waals surface area contributed by atoms with Crippen LogP contribution in [-0.4, -0.2) is 52.6 Å². The minimum absolute atomic E-state index is 0.00994. The van der Waals surface area contributed by atoms with Crippen LogP contribution in [-0.2, 0) is 16.1 Å². The third-order valence-corrected chi connectivity index (χ3v) is 3.64. The Morgan fingerprint density at radius 3 is 3.17 bits per heavy atom. The van der Waals surface area contributed by atoms with E-state index >= 15 is 0 Å². The van der Waals surface area contributed by atoms with E-state index in [0.29, 0.717) is 0 Å². The van der Waals surface area contributed by atoms with Crippen molar-refractivity contribution < 1.29 is 9.53 Å². The Kier molecular flexibility index (Phi) is 3.29. The summed E-state index contributed by atoms with van der Waals surface area (Å²) < 4.78 is 5.60. The molecule has 98 valence electrons. The fourth-order valence-electron chi connectivity index (χ4n) is 2.68. The van der Waals surface area contributed by atoms with Crippen LogP contribution in [0.25, 0.3) is 0 Å². The number of fused-ring (bicyclic) bond motifs is 1. The van der Waals surface area contributed by atoms with Gasteiger partial charge in [-0.05, 0) is 12.8 Å². The lowest BCUT2D eigenvalue weighted by atomic mass is 10.0. The van der Waals surface area contributed by atoms with Crippen molar-refractivity contribution in [2.75, 3.05) is 19.7 Å². The maximum atomic E-state index is 11.3. The van der Waals surface area contributed by atoms with Gasteiger partial charge in [-0.3, -0.25) is 9.69 Å². The lowest BCUT2D eigenvalue weighted by Crippen LogP contribution is -2.51. The summed E-state index contributed by atoms with van der Waals surface area (Å²) in [6.07, 6.45) is 5.69. The van der Waals surface area contributed by atoms with Crippen molar-refractivity contribution in [1.29, 1.82) is 0 Å². The Bertz CT molecular complexity index is 406. The number of rotatable bonds is 2. The molecule has 6 heteroatoms. The Labute approximate surface area is 106 Å². The molecule has 2 aliphatic rings. The summed E-state index contributed by atoms with van der Waals surface area (Å²) >= 11 is 0. The smallest absolute Gasteiger partial charge is 0.246 e. The number of morpholine rings is 1. The van der Waals surface area contributed by atoms with Gasteiger partial charge in [-0.15, -0.1) is 0 Å². The number of carbonyl (C=O) groups excluding carboxylic acids is 1. The molecule has 0 aromatic carbocycles. The Balaban J connectivity index is 1.59. The van der Waals surface area contributed by atoms with Crippen LogP contribution in [0.4, 0.5) is 0 Å². The van der Waals surface area contributed by atoms with Gasteiger partial charge in [-0.1, -0.05) is 0 Å². The first kappa shape index (κ1) is 11.7. The van der Waals surface area contributed by atoms with Gasteiger partial charge in [0.1, 0.15) is 12.4 Å². The molecular formula is C12H18N4O2. The average Bonchev–Trinajstić information content (AvgIpc) is 2.79. The van der Waals surface area contributed by atoms with E-state index in [4.69, 9.17) is 4.74 Å². The number of nitrogens with one attached hydrogen (secondary N) is 2. The highest BCUT2D eigenvalue weighted by Crippen LogP contribution is 2.18. The van der Waals surface area contributed by atoms with Gasteiger partial charge in [0.25, 0.3) is 0 Å². The number of likely N-dealkylation sites (tertiary alicyclic amines) is 1. The highest BCUT2D eigenvalue weighted by Gasteiger charge is 2.32. The summed E-state index contributed by atoms with van der Waals surface area (Å²) in [6, 6.07) is 0.174. The Morgan fingerprint density at radius 2 is 2.33 bits per heavy atom. The van der Waals surface area contributed by atoms with Gasteiger partial charge in [0, 0.05) is 25.5 Å². The molecule has 0 aliphatic carbocycles. The summed E-state index contributed by atoms with van der Waals surface area (Å²) in [5, 5.41) is 3.02. The molecule has 3 rings (SSSR count). The van der Waals surface area contributed by atoms with Crippen LogP contribution < -0.4 is 5.32 Å².